The Balaban J connectivity index is 1.85. The molecule has 0 fully saturated rings. The second-order valence-corrected chi connectivity index (χ2v) is 9.71. The van der Waals surface area contributed by atoms with Crippen molar-refractivity contribution in [3.8, 4) is 5.75 Å². The number of benzene rings is 2. The molecule has 0 unspecified atom stereocenters. The van der Waals surface area contributed by atoms with Crippen LogP contribution in [0.3, 0.4) is 0 Å². The van der Waals surface area contributed by atoms with Crippen LogP contribution in [-0.4, -0.2) is 29.0 Å². The molecule has 2 N–H and O–H groups in total. The van der Waals surface area contributed by atoms with Gasteiger partial charge in [0.2, 0.25) is 0 Å². The molecule has 0 bridgehead atoms. The molecule has 2 heterocycles. The fraction of sp³-hybridized carbons (Fsp3) is 0.208. The molecule has 36 heavy (non-hydrogen) atoms. The molecule has 9 nitrogen and oxygen atoms in total. The summed E-state index contributed by atoms with van der Waals surface area (Å²) in [6.45, 7) is 2.97. The smallest absolute Gasteiger partial charge is 0.404 e. The zero-order valence-corrected chi connectivity index (χ0v) is 20.1. The third kappa shape index (κ3) is 5.43. The number of aromatic nitrogens is 3. The molecule has 4 aromatic rings. The van der Waals surface area contributed by atoms with Crippen molar-refractivity contribution in [2.24, 2.45) is 5.73 Å². The average molecular weight is 517 g/mol. The predicted octanol–water partition coefficient (Wildman–Crippen LogP) is 4.24. The summed E-state index contributed by atoms with van der Waals surface area (Å²) < 4.78 is 65.6. The number of nitrogens with zero attached hydrogens (tertiary/aromatic N) is 3. The molecule has 0 atom stereocenters. The van der Waals surface area contributed by atoms with Gasteiger partial charge < -0.3 is 19.2 Å². The number of halogens is 2. The minimum absolute atomic E-state index is 0.0373. The number of nitrogens with two attached hydrogens (primary N) is 1. The largest absolute Gasteiger partial charge is 0.442 e. The Morgan fingerprint density at radius 1 is 1.11 bits per heavy atom. The van der Waals surface area contributed by atoms with Gasteiger partial charge in [-0.25, -0.2) is 18.6 Å². The lowest BCUT2D eigenvalue weighted by Crippen LogP contribution is -2.20. The first-order valence-electron chi connectivity index (χ1n) is 10.8. The summed E-state index contributed by atoms with van der Waals surface area (Å²) >= 11 is 0. The van der Waals surface area contributed by atoms with Crippen LogP contribution >= 0.6 is 0 Å². The predicted molar refractivity (Wildman–Crippen MR) is 126 cm³/mol. The summed E-state index contributed by atoms with van der Waals surface area (Å²) in [6.07, 6.45) is 0.508. The molecule has 0 radical (unpaired) electrons. The van der Waals surface area contributed by atoms with Crippen LogP contribution in [0.2, 0.25) is 0 Å². The number of fused-ring (bicyclic) bond motifs is 1. The second-order valence-electron chi connectivity index (χ2n) is 8.25. The zero-order valence-electron chi connectivity index (χ0n) is 19.3. The Kier molecular flexibility index (Phi) is 6.88. The van der Waals surface area contributed by atoms with Crippen LogP contribution in [0.25, 0.3) is 10.9 Å². The summed E-state index contributed by atoms with van der Waals surface area (Å²) in [4.78, 5) is 20.0. The van der Waals surface area contributed by atoms with Crippen LogP contribution in [0, 0.1) is 11.6 Å². The monoisotopic (exact) mass is 516 g/mol. The fourth-order valence-electron chi connectivity index (χ4n) is 3.68. The van der Waals surface area contributed by atoms with E-state index in [4.69, 9.17) is 14.7 Å². The van der Waals surface area contributed by atoms with Gasteiger partial charge in [0.15, 0.2) is 11.6 Å². The van der Waals surface area contributed by atoms with Crippen molar-refractivity contribution in [3.63, 3.8) is 0 Å². The highest BCUT2D eigenvalue weighted by atomic mass is 32.2. The molecule has 0 saturated carbocycles. The number of primary amides is 1. The van der Waals surface area contributed by atoms with Gasteiger partial charge in [-0.3, -0.25) is 4.98 Å². The normalized spacial score (nSPS) is 11.7. The van der Waals surface area contributed by atoms with E-state index in [9.17, 15) is 22.0 Å². The van der Waals surface area contributed by atoms with Crippen LogP contribution in [0.15, 0.2) is 59.8 Å². The van der Waals surface area contributed by atoms with E-state index < -0.39 is 46.1 Å². The van der Waals surface area contributed by atoms with E-state index in [1.54, 1.807) is 20.0 Å². The first kappa shape index (κ1) is 25.0. The quantitative estimate of drug-likeness (QED) is 0.347. The number of rotatable bonds is 8. The molecule has 0 saturated heterocycles. The number of amides is 1. The number of para-hydroxylation sites is 1. The number of hydrogen-bond donors (Lipinski definition) is 1. The molecular formula is C24H22F2N4O5S. The Morgan fingerprint density at radius 2 is 1.81 bits per heavy atom. The fourth-order valence-corrected chi connectivity index (χ4v) is 5.09. The number of pyridine rings is 1. The topological polar surface area (TPSA) is 126 Å². The van der Waals surface area contributed by atoms with Crippen molar-refractivity contribution in [1.29, 1.82) is 0 Å². The Labute approximate surface area is 205 Å². The highest BCUT2D eigenvalue weighted by Crippen LogP contribution is 2.30. The molecule has 1 amide bonds. The van der Waals surface area contributed by atoms with Gasteiger partial charge in [-0.2, -0.15) is 8.42 Å². The minimum atomic E-state index is -4.66. The van der Waals surface area contributed by atoms with Crippen LogP contribution in [0.5, 0.6) is 5.75 Å². The number of ether oxygens (including phenoxy) is 1. The van der Waals surface area contributed by atoms with Crippen LogP contribution < -0.4 is 9.92 Å². The highest BCUT2D eigenvalue weighted by molar-refractivity contribution is 7.87. The zero-order chi connectivity index (χ0) is 26.0. The molecule has 12 heteroatoms. The van der Waals surface area contributed by atoms with Crippen molar-refractivity contribution in [2.45, 2.75) is 37.9 Å². The summed E-state index contributed by atoms with van der Waals surface area (Å²) in [5.41, 5.74) is 6.59. The van der Waals surface area contributed by atoms with Gasteiger partial charge in [0, 0.05) is 29.8 Å². The van der Waals surface area contributed by atoms with E-state index in [2.05, 4.69) is 9.97 Å². The average Bonchev–Trinajstić information content (AvgIpc) is 3.16. The maximum absolute atomic E-state index is 13.7. The molecule has 0 spiro atoms. The van der Waals surface area contributed by atoms with E-state index >= 15 is 0 Å². The Bertz CT molecular complexity index is 1530. The molecule has 0 aliphatic carbocycles. The maximum atomic E-state index is 13.7. The summed E-state index contributed by atoms with van der Waals surface area (Å²) in [6, 6.07) is 11.3. The van der Waals surface area contributed by atoms with Gasteiger partial charge in [-0.05, 0) is 23.6 Å². The summed E-state index contributed by atoms with van der Waals surface area (Å²) in [5, 5.41) is 0.475. The molecule has 2 aromatic carbocycles. The van der Waals surface area contributed by atoms with E-state index in [-0.39, 0.29) is 23.1 Å². The first-order valence-corrected chi connectivity index (χ1v) is 12.2. The highest BCUT2D eigenvalue weighted by Gasteiger charge is 2.32. The molecule has 0 aliphatic heterocycles. The first-order chi connectivity index (χ1) is 17.0. The number of hydrogen-bond acceptors (Lipinski definition) is 7. The molecular weight excluding hydrogens is 494 g/mol. The third-order valence-electron chi connectivity index (χ3n) is 5.18. The molecule has 2 aromatic heterocycles. The van der Waals surface area contributed by atoms with Gasteiger partial charge in [0.1, 0.15) is 23.2 Å². The van der Waals surface area contributed by atoms with Gasteiger partial charge in [0.25, 0.3) is 0 Å². The van der Waals surface area contributed by atoms with Gasteiger partial charge >= 0.3 is 16.2 Å². The molecule has 188 valence electrons. The summed E-state index contributed by atoms with van der Waals surface area (Å²) in [5.74, 6) is -2.88. The van der Waals surface area contributed by atoms with Crippen LogP contribution in [0.1, 0.15) is 36.8 Å². The van der Waals surface area contributed by atoms with Gasteiger partial charge in [-0.15, -0.1) is 0 Å². The van der Waals surface area contributed by atoms with Crippen molar-refractivity contribution in [3.05, 3.63) is 83.4 Å². The molecule has 4 rings (SSSR count). The van der Waals surface area contributed by atoms with Gasteiger partial charge in [-0.1, -0.05) is 32.0 Å². The lowest BCUT2D eigenvalue weighted by atomic mass is 10.1. The van der Waals surface area contributed by atoms with Gasteiger partial charge in [0.05, 0.1) is 17.8 Å². The van der Waals surface area contributed by atoms with E-state index in [0.717, 1.165) is 23.0 Å². The van der Waals surface area contributed by atoms with E-state index in [0.29, 0.717) is 11.6 Å². The summed E-state index contributed by atoms with van der Waals surface area (Å²) in [7, 11) is -4.66. The lowest BCUT2D eigenvalue weighted by Gasteiger charge is -2.15. The maximum Gasteiger partial charge on any atom is 0.404 e. The van der Waals surface area contributed by atoms with Crippen molar-refractivity contribution < 1.29 is 30.9 Å². The van der Waals surface area contributed by atoms with Crippen molar-refractivity contribution >= 4 is 27.1 Å². The lowest BCUT2D eigenvalue weighted by molar-refractivity contribution is 0.145. The number of imidazole rings is 1. The number of carbonyl (C=O) groups is 1. The van der Waals surface area contributed by atoms with Crippen LogP contribution in [-0.2, 0) is 28.0 Å². The minimum Gasteiger partial charge on any atom is -0.442 e. The standard InChI is InChI=1S/C24H22F2N4O5S/c1-14(2)22-23(36(32,33)35-19-9-17(25)8-18(26)10-19)30(21(29-22)13-34-24(27)31)12-15-7-16-5-3-4-6-20(16)28-11-15/h3-11,14H,12-13H2,1-2H3,(H2,27,31). The number of carbonyl (C=O) groups excluding carboxylic acids is 1. The second kappa shape index (κ2) is 9.90. The van der Waals surface area contributed by atoms with E-state index in [1.165, 1.54) is 4.57 Å². The van der Waals surface area contributed by atoms with Crippen molar-refractivity contribution in [1.82, 2.24) is 14.5 Å². The Hall–Kier alpha value is -4.06. The van der Waals surface area contributed by atoms with E-state index in [1.807, 2.05) is 30.3 Å². The van der Waals surface area contributed by atoms with Crippen molar-refractivity contribution in [2.75, 3.05) is 0 Å². The van der Waals surface area contributed by atoms with Crippen LogP contribution in [0.4, 0.5) is 13.6 Å². The third-order valence-corrected chi connectivity index (χ3v) is 6.50. The Morgan fingerprint density at radius 3 is 2.47 bits per heavy atom. The molecule has 0 aliphatic rings. The SMILES string of the molecule is CC(C)c1nc(COC(N)=O)n(Cc2cnc3ccccc3c2)c1S(=O)(=O)Oc1cc(F)cc(F)c1.